The van der Waals surface area contributed by atoms with Crippen LogP contribution in [-0.2, 0) is 25.7 Å². The fourth-order valence-electron chi connectivity index (χ4n) is 6.66. The molecular weight excluding hydrogens is 520 g/mol. The van der Waals surface area contributed by atoms with Crippen molar-refractivity contribution in [2.45, 2.75) is 56.9 Å². The van der Waals surface area contributed by atoms with Gasteiger partial charge in [-0.25, -0.2) is 9.59 Å². The minimum atomic E-state index is -1.17. The number of carbonyl (C=O) groups excluding carboxylic acids is 2. The summed E-state index contributed by atoms with van der Waals surface area (Å²) in [7, 11) is 0. The first-order chi connectivity index (χ1) is 19.9. The molecule has 3 aliphatic carbocycles. The monoisotopic (exact) mass is 554 g/mol. The van der Waals surface area contributed by atoms with Crippen LogP contribution in [0.1, 0.15) is 48.8 Å². The predicted molar refractivity (Wildman–Crippen MR) is 152 cm³/mol. The van der Waals surface area contributed by atoms with Gasteiger partial charge in [-0.15, -0.1) is 0 Å². The summed E-state index contributed by atoms with van der Waals surface area (Å²) < 4.78 is 11.5. The maximum Gasteiger partial charge on any atom is 0.407 e. The van der Waals surface area contributed by atoms with Crippen LogP contribution >= 0.6 is 0 Å². The van der Waals surface area contributed by atoms with Gasteiger partial charge in [0.1, 0.15) is 6.61 Å². The Kier molecular flexibility index (Phi) is 7.26. The normalized spacial score (nSPS) is 23.4. The average Bonchev–Trinajstić information content (AvgIpc) is 3.41. The van der Waals surface area contributed by atoms with Gasteiger partial charge >= 0.3 is 12.1 Å². The Bertz CT molecular complexity index is 1410. The lowest BCUT2D eigenvalue weighted by Gasteiger charge is -2.25. The van der Waals surface area contributed by atoms with Crippen LogP contribution in [-0.4, -0.2) is 47.9 Å². The van der Waals surface area contributed by atoms with E-state index in [1.54, 1.807) is 6.92 Å². The molecule has 0 aromatic heterocycles. The Hall–Kier alpha value is -4.17. The maximum absolute atomic E-state index is 13.3. The van der Waals surface area contributed by atoms with E-state index in [0.717, 1.165) is 16.7 Å². The molecule has 2 saturated carbocycles. The molecule has 2 amide bonds. The molecule has 41 heavy (non-hydrogen) atoms. The Labute approximate surface area is 239 Å². The summed E-state index contributed by atoms with van der Waals surface area (Å²) in [4.78, 5) is 38.1. The zero-order chi connectivity index (χ0) is 28.6. The van der Waals surface area contributed by atoms with Crippen molar-refractivity contribution in [3.63, 3.8) is 0 Å². The molecule has 6 rings (SSSR count). The SMILES string of the molecule is C[C@@H](OCc1ccccc1)[C@H](NC(=O)[C@@]12C[C@@H](NC(=O)OCC3c4ccccc4-c4ccccc43)C[C@@H]1C2)C(=O)O. The molecule has 3 aromatic carbocycles. The molecule has 0 unspecified atom stereocenters. The number of carbonyl (C=O) groups is 3. The van der Waals surface area contributed by atoms with Crippen LogP contribution in [0.5, 0.6) is 0 Å². The fourth-order valence-corrected chi connectivity index (χ4v) is 6.66. The fraction of sp³-hybridized carbons (Fsp3) is 0.364. The molecule has 0 aliphatic heterocycles. The quantitative estimate of drug-likeness (QED) is 0.330. The molecule has 5 atom stereocenters. The number of benzene rings is 3. The highest BCUT2D eigenvalue weighted by Gasteiger charge is 2.65. The van der Waals surface area contributed by atoms with Crippen molar-refractivity contribution in [2.24, 2.45) is 11.3 Å². The van der Waals surface area contributed by atoms with E-state index >= 15 is 0 Å². The first kappa shape index (κ1) is 27.0. The lowest BCUT2D eigenvalue weighted by Crippen LogP contribution is -2.51. The second-order valence-corrected chi connectivity index (χ2v) is 11.5. The molecule has 3 aliphatic rings. The second-order valence-electron chi connectivity index (χ2n) is 11.5. The van der Waals surface area contributed by atoms with E-state index in [9.17, 15) is 19.5 Å². The van der Waals surface area contributed by atoms with Crippen LogP contribution in [0, 0.1) is 11.3 Å². The van der Waals surface area contributed by atoms with E-state index in [1.807, 2.05) is 54.6 Å². The summed E-state index contributed by atoms with van der Waals surface area (Å²) >= 11 is 0. The largest absolute Gasteiger partial charge is 0.480 e. The van der Waals surface area contributed by atoms with Crippen molar-refractivity contribution >= 4 is 18.0 Å². The van der Waals surface area contributed by atoms with Crippen molar-refractivity contribution < 1.29 is 29.0 Å². The van der Waals surface area contributed by atoms with Crippen molar-refractivity contribution in [3.8, 4) is 11.1 Å². The molecule has 2 fully saturated rings. The number of hydrogen-bond acceptors (Lipinski definition) is 5. The van der Waals surface area contributed by atoms with Crippen molar-refractivity contribution in [3.05, 3.63) is 95.6 Å². The highest BCUT2D eigenvalue weighted by molar-refractivity contribution is 5.90. The van der Waals surface area contributed by atoms with E-state index in [2.05, 4.69) is 34.9 Å². The number of alkyl carbamates (subject to hydrolysis) is 1. The number of amides is 2. The molecule has 3 N–H and O–H groups in total. The van der Waals surface area contributed by atoms with E-state index in [1.165, 1.54) is 11.1 Å². The summed E-state index contributed by atoms with van der Waals surface area (Å²) in [5.74, 6) is -1.35. The number of fused-ring (bicyclic) bond motifs is 4. The molecular formula is C33H34N2O6. The van der Waals surface area contributed by atoms with Gasteiger partial charge in [0.2, 0.25) is 5.91 Å². The first-order valence-electron chi connectivity index (χ1n) is 14.2. The number of aliphatic carboxylic acids is 1. The topological polar surface area (TPSA) is 114 Å². The van der Waals surface area contributed by atoms with Gasteiger partial charge in [-0.3, -0.25) is 4.79 Å². The van der Waals surface area contributed by atoms with Crippen molar-refractivity contribution in [1.29, 1.82) is 0 Å². The third kappa shape index (κ3) is 5.32. The van der Waals surface area contributed by atoms with Gasteiger partial charge in [0, 0.05) is 12.0 Å². The smallest absolute Gasteiger partial charge is 0.407 e. The molecule has 8 nitrogen and oxygen atoms in total. The zero-order valence-corrected chi connectivity index (χ0v) is 22.9. The highest BCUT2D eigenvalue weighted by atomic mass is 16.5. The standard InChI is InChI=1S/C33H34N2O6/c1-20(40-18-21-9-3-2-4-10-21)29(30(36)37)35-31(38)33-16-22(33)15-23(17-33)34-32(39)41-19-28-26-13-7-5-11-24(26)25-12-6-8-14-27(25)28/h2-14,20,22-23,28-29H,15-19H2,1H3,(H,34,39)(H,35,38)(H,36,37)/t20-,22-,23+,29+,33+/m1/s1. The Balaban J connectivity index is 1.02. The van der Waals surface area contributed by atoms with E-state index in [-0.39, 0.29) is 37.0 Å². The minimum absolute atomic E-state index is 0.0266. The number of carboxylic acid groups (broad SMARTS) is 1. The van der Waals surface area contributed by atoms with Crippen molar-refractivity contribution in [1.82, 2.24) is 10.6 Å². The molecule has 0 radical (unpaired) electrons. The van der Waals surface area contributed by atoms with Gasteiger partial charge in [0.25, 0.3) is 0 Å². The molecule has 0 saturated heterocycles. The van der Waals surface area contributed by atoms with Crippen LogP contribution in [0.2, 0.25) is 0 Å². The predicted octanol–water partition coefficient (Wildman–Crippen LogP) is 4.87. The van der Waals surface area contributed by atoms with Crippen LogP contribution in [0.25, 0.3) is 11.1 Å². The van der Waals surface area contributed by atoms with Crippen molar-refractivity contribution in [2.75, 3.05) is 6.61 Å². The van der Waals surface area contributed by atoms with Gasteiger partial charge in [0.05, 0.1) is 18.1 Å². The molecule has 212 valence electrons. The third-order valence-corrected chi connectivity index (χ3v) is 8.91. The van der Waals surface area contributed by atoms with Crippen LogP contribution in [0.4, 0.5) is 4.79 Å². The average molecular weight is 555 g/mol. The molecule has 8 heteroatoms. The Morgan fingerprint density at radius 3 is 2.22 bits per heavy atom. The lowest BCUT2D eigenvalue weighted by atomic mass is 9.98. The Morgan fingerprint density at radius 1 is 0.927 bits per heavy atom. The molecule has 0 bridgehead atoms. The zero-order valence-electron chi connectivity index (χ0n) is 22.9. The summed E-state index contributed by atoms with van der Waals surface area (Å²) in [6, 6.07) is 24.5. The number of carboxylic acids is 1. The van der Waals surface area contributed by atoms with Crippen LogP contribution in [0.3, 0.4) is 0 Å². The lowest BCUT2D eigenvalue weighted by molar-refractivity contribution is -0.147. The number of hydrogen-bond donors (Lipinski definition) is 3. The van der Waals surface area contributed by atoms with Crippen LogP contribution in [0.15, 0.2) is 78.9 Å². The molecule has 3 aromatic rings. The first-order valence-corrected chi connectivity index (χ1v) is 14.2. The maximum atomic E-state index is 13.3. The van der Waals surface area contributed by atoms with E-state index in [4.69, 9.17) is 9.47 Å². The van der Waals surface area contributed by atoms with Crippen LogP contribution < -0.4 is 10.6 Å². The van der Waals surface area contributed by atoms with E-state index in [0.29, 0.717) is 19.3 Å². The van der Waals surface area contributed by atoms with E-state index < -0.39 is 29.6 Å². The van der Waals surface area contributed by atoms with Gasteiger partial charge in [0.15, 0.2) is 6.04 Å². The summed E-state index contributed by atoms with van der Waals surface area (Å²) in [5.41, 5.74) is 4.89. The summed E-state index contributed by atoms with van der Waals surface area (Å²) in [5, 5.41) is 15.5. The second kappa shape index (κ2) is 11.0. The number of nitrogens with one attached hydrogen (secondary N) is 2. The summed E-state index contributed by atoms with van der Waals surface area (Å²) in [6.07, 6.45) is 0.587. The number of ether oxygens (including phenoxy) is 2. The van der Waals surface area contributed by atoms with Gasteiger partial charge in [-0.05, 0) is 59.9 Å². The highest BCUT2D eigenvalue weighted by Crippen LogP contribution is 2.63. The molecule has 0 spiro atoms. The summed E-state index contributed by atoms with van der Waals surface area (Å²) in [6.45, 7) is 2.13. The number of rotatable bonds is 10. The van der Waals surface area contributed by atoms with Gasteiger partial charge < -0.3 is 25.2 Å². The van der Waals surface area contributed by atoms with Gasteiger partial charge in [-0.1, -0.05) is 78.9 Å². The third-order valence-electron chi connectivity index (χ3n) is 8.91. The minimum Gasteiger partial charge on any atom is -0.480 e. The Morgan fingerprint density at radius 2 is 1.56 bits per heavy atom. The molecule has 0 heterocycles. The van der Waals surface area contributed by atoms with Gasteiger partial charge in [-0.2, -0.15) is 0 Å².